The van der Waals surface area contributed by atoms with Gasteiger partial charge in [0.15, 0.2) is 0 Å². The van der Waals surface area contributed by atoms with Crippen molar-refractivity contribution in [3.63, 3.8) is 0 Å². The second kappa shape index (κ2) is 7.84. The van der Waals surface area contributed by atoms with Gasteiger partial charge < -0.3 is 15.0 Å². The Bertz CT molecular complexity index is 978. The number of hydrogen-bond acceptors (Lipinski definition) is 3. The van der Waals surface area contributed by atoms with E-state index in [1.54, 1.807) is 18.2 Å². The fraction of sp³-hybridized carbons (Fsp3) is 0.318. The van der Waals surface area contributed by atoms with Gasteiger partial charge in [-0.1, -0.05) is 24.3 Å². The molecule has 6 nitrogen and oxygen atoms in total. The molecule has 1 aliphatic rings. The van der Waals surface area contributed by atoms with E-state index in [0.29, 0.717) is 24.3 Å². The molecule has 144 valence electrons. The Kier molecular flexibility index (Phi) is 5.10. The van der Waals surface area contributed by atoms with Gasteiger partial charge in [0.25, 0.3) is 0 Å². The van der Waals surface area contributed by atoms with Crippen LogP contribution in [0.15, 0.2) is 48.5 Å². The van der Waals surface area contributed by atoms with Crippen LogP contribution in [0.4, 0.5) is 0 Å². The predicted molar refractivity (Wildman–Crippen MR) is 106 cm³/mol. The molecule has 2 heterocycles. The number of aromatic nitrogens is 2. The van der Waals surface area contributed by atoms with Crippen molar-refractivity contribution in [2.45, 2.75) is 25.7 Å². The third kappa shape index (κ3) is 4.06. The van der Waals surface area contributed by atoms with Crippen molar-refractivity contribution in [2.75, 3.05) is 13.1 Å². The molecule has 0 saturated carbocycles. The number of aryl methyl sites for hydroxylation is 1. The topological polar surface area (TPSA) is 86.3 Å². The minimum absolute atomic E-state index is 0.155. The van der Waals surface area contributed by atoms with Gasteiger partial charge in [0.2, 0.25) is 5.91 Å². The zero-order valence-electron chi connectivity index (χ0n) is 15.6. The maximum Gasteiger partial charge on any atom is 0.335 e. The summed E-state index contributed by atoms with van der Waals surface area (Å²) in [6, 6.07) is 14.9. The van der Waals surface area contributed by atoms with E-state index in [0.717, 1.165) is 48.4 Å². The van der Waals surface area contributed by atoms with E-state index >= 15 is 0 Å². The second-order valence-corrected chi connectivity index (χ2v) is 7.40. The number of aromatic carboxylic acids is 1. The molecule has 0 spiro atoms. The number of nitrogens with one attached hydrogen (secondary N) is 1. The molecular formula is C22H23N3O3. The Morgan fingerprint density at radius 2 is 2.04 bits per heavy atom. The van der Waals surface area contributed by atoms with Gasteiger partial charge in [0.1, 0.15) is 5.82 Å². The monoisotopic (exact) mass is 377 g/mol. The second-order valence-electron chi connectivity index (χ2n) is 7.40. The molecule has 2 aromatic carbocycles. The van der Waals surface area contributed by atoms with Crippen molar-refractivity contribution in [1.29, 1.82) is 0 Å². The van der Waals surface area contributed by atoms with Crippen LogP contribution >= 0.6 is 0 Å². The lowest BCUT2D eigenvalue weighted by Gasteiger charge is -2.16. The number of para-hydroxylation sites is 2. The lowest BCUT2D eigenvalue weighted by molar-refractivity contribution is -0.130. The van der Waals surface area contributed by atoms with E-state index in [1.165, 1.54) is 0 Å². The Hall–Kier alpha value is -3.15. The van der Waals surface area contributed by atoms with Crippen molar-refractivity contribution < 1.29 is 14.7 Å². The first-order valence-corrected chi connectivity index (χ1v) is 9.62. The number of amides is 1. The summed E-state index contributed by atoms with van der Waals surface area (Å²) in [5.74, 6) is 0.466. The highest BCUT2D eigenvalue weighted by atomic mass is 16.4. The number of imidazole rings is 1. The summed E-state index contributed by atoms with van der Waals surface area (Å²) in [5.41, 5.74) is 3.25. The molecule has 0 aliphatic carbocycles. The van der Waals surface area contributed by atoms with Crippen LogP contribution in [0.3, 0.4) is 0 Å². The third-order valence-electron chi connectivity index (χ3n) is 5.35. The number of carboxylic acids is 1. The van der Waals surface area contributed by atoms with Crippen LogP contribution in [-0.2, 0) is 17.6 Å². The number of carbonyl (C=O) groups is 2. The summed E-state index contributed by atoms with van der Waals surface area (Å²) < 4.78 is 0. The number of rotatable bonds is 6. The third-order valence-corrected chi connectivity index (χ3v) is 5.35. The van der Waals surface area contributed by atoms with Crippen molar-refractivity contribution in [3.8, 4) is 0 Å². The number of carbonyl (C=O) groups excluding carboxylic acids is 1. The largest absolute Gasteiger partial charge is 0.478 e. The summed E-state index contributed by atoms with van der Waals surface area (Å²) in [6.07, 6.45) is 2.80. The first-order chi connectivity index (χ1) is 13.6. The number of H-pyrrole nitrogens is 1. The number of benzene rings is 2. The van der Waals surface area contributed by atoms with E-state index in [-0.39, 0.29) is 5.91 Å². The first-order valence-electron chi connectivity index (χ1n) is 9.62. The molecule has 6 heteroatoms. The molecule has 4 rings (SSSR count). The van der Waals surface area contributed by atoms with Gasteiger partial charge in [0, 0.05) is 25.9 Å². The Labute approximate surface area is 163 Å². The molecule has 3 aromatic rings. The highest BCUT2D eigenvalue weighted by molar-refractivity contribution is 5.87. The Morgan fingerprint density at radius 1 is 1.18 bits per heavy atom. The van der Waals surface area contributed by atoms with Gasteiger partial charge in [0.05, 0.1) is 16.6 Å². The molecule has 1 aliphatic heterocycles. The minimum atomic E-state index is -0.907. The lowest BCUT2D eigenvalue weighted by Crippen LogP contribution is -2.29. The van der Waals surface area contributed by atoms with Crippen molar-refractivity contribution in [2.24, 2.45) is 5.92 Å². The zero-order chi connectivity index (χ0) is 19.5. The van der Waals surface area contributed by atoms with Crippen LogP contribution in [0.2, 0.25) is 0 Å². The molecule has 28 heavy (non-hydrogen) atoms. The molecular weight excluding hydrogens is 354 g/mol. The predicted octanol–water partition coefficient (Wildman–Crippen LogP) is 3.28. The average molecular weight is 377 g/mol. The van der Waals surface area contributed by atoms with E-state index in [4.69, 9.17) is 5.11 Å². The number of hydrogen-bond donors (Lipinski definition) is 2. The van der Waals surface area contributed by atoms with Gasteiger partial charge in [-0.2, -0.15) is 0 Å². The van der Waals surface area contributed by atoms with Crippen molar-refractivity contribution in [1.82, 2.24) is 14.9 Å². The number of carboxylic acid groups (broad SMARTS) is 1. The average Bonchev–Trinajstić information content (AvgIpc) is 3.33. The molecule has 1 amide bonds. The number of nitrogens with zero attached hydrogens (tertiary/aromatic N) is 2. The molecule has 0 radical (unpaired) electrons. The van der Waals surface area contributed by atoms with Crippen LogP contribution in [0.1, 0.15) is 34.6 Å². The van der Waals surface area contributed by atoms with Crippen molar-refractivity contribution in [3.05, 3.63) is 65.5 Å². The summed E-state index contributed by atoms with van der Waals surface area (Å²) >= 11 is 0. The fourth-order valence-corrected chi connectivity index (χ4v) is 3.90. The van der Waals surface area contributed by atoms with Crippen LogP contribution in [0.5, 0.6) is 0 Å². The Morgan fingerprint density at radius 3 is 2.86 bits per heavy atom. The molecule has 1 saturated heterocycles. The summed E-state index contributed by atoms with van der Waals surface area (Å²) in [6.45, 7) is 1.50. The van der Waals surface area contributed by atoms with Crippen molar-refractivity contribution >= 4 is 22.9 Å². The minimum Gasteiger partial charge on any atom is -0.478 e. The molecule has 0 bridgehead atoms. The molecule has 1 atom stereocenters. The maximum atomic E-state index is 12.6. The van der Waals surface area contributed by atoms with E-state index in [2.05, 4.69) is 9.97 Å². The fourth-order valence-electron chi connectivity index (χ4n) is 3.90. The number of fused-ring (bicyclic) bond motifs is 1. The van der Waals surface area contributed by atoms with Gasteiger partial charge in [-0.3, -0.25) is 4.79 Å². The number of likely N-dealkylation sites (tertiary alicyclic amines) is 1. The van der Waals surface area contributed by atoms with Crippen LogP contribution < -0.4 is 0 Å². The van der Waals surface area contributed by atoms with E-state index < -0.39 is 5.97 Å². The van der Waals surface area contributed by atoms with Crippen LogP contribution in [-0.4, -0.2) is 44.9 Å². The summed E-state index contributed by atoms with van der Waals surface area (Å²) in [7, 11) is 0. The normalized spacial score (nSPS) is 16.6. The Balaban J connectivity index is 1.30. The van der Waals surface area contributed by atoms with E-state index in [1.807, 2.05) is 35.2 Å². The van der Waals surface area contributed by atoms with Crippen LogP contribution in [0, 0.1) is 5.92 Å². The van der Waals surface area contributed by atoms with Gasteiger partial charge in [-0.25, -0.2) is 9.78 Å². The first kappa shape index (κ1) is 18.2. The van der Waals surface area contributed by atoms with Gasteiger partial charge in [-0.05, 0) is 48.6 Å². The van der Waals surface area contributed by atoms with Gasteiger partial charge in [-0.15, -0.1) is 0 Å². The smallest absolute Gasteiger partial charge is 0.335 e. The number of aromatic amines is 1. The maximum absolute atomic E-state index is 12.6. The molecule has 2 N–H and O–H groups in total. The SMILES string of the molecule is O=C(O)c1cccc(CC2CCN(C(=O)CCc3nc4ccccc4[nH]3)C2)c1. The highest BCUT2D eigenvalue weighted by Crippen LogP contribution is 2.22. The zero-order valence-corrected chi connectivity index (χ0v) is 15.6. The highest BCUT2D eigenvalue weighted by Gasteiger charge is 2.26. The summed E-state index contributed by atoms with van der Waals surface area (Å²) in [4.78, 5) is 33.4. The van der Waals surface area contributed by atoms with Gasteiger partial charge >= 0.3 is 5.97 Å². The molecule has 1 aromatic heterocycles. The lowest BCUT2D eigenvalue weighted by atomic mass is 9.97. The quantitative estimate of drug-likeness (QED) is 0.690. The standard InChI is InChI=1S/C22H23N3O3/c26-21(9-8-20-23-18-6-1-2-7-19(18)24-20)25-11-10-16(14-25)12-15-4-3-5-17(13-15)22(27)28/h1-7,13,16H,8-12,14H2,(H,23,24)(H,27,28). The molecule has 1 unspecified atom stereocenters. The summed E-state index contributed by atoms with van der Waals surface area (Å²) in [5, 5.41) is 9.12. The van der Waals surface area contributed by atoms with E-state index in [9.17, 15) is 9.59 Å². The molecule has 1 fully saturated rings. The van der Waals surface area contributed by atoms with Crippen LogP contribution in [0.25, 0.3) is 11.0 Å².